The molecule has 3 aromatic heterocycles. The van der Waals surface area contributed by atoms with Crippen molar-refractivity contribution in [2.45, 2.75) is 64.8 Å². The number of benzene rings is 1. The van der Waals surface area contributed by atoms with Gasteiger partial charge in [0.25, 0.3) is 0 Å². The largest absolute Gasteiger partial charge is 0.256 e. The zero-order chi connectivity index (χ0) is 22.5. The van der Waals surface area contributed by atoms with Crippen LogP contribution < -0.4 is 0 Å². The Bertz CT molecular complexity index is 1160. The molecular formula is C25H30N8. The molecule has 0 radical (unpaired) electrons. The first-order valence-corrected chi connectivity index (χ1v) is 12.0. The predicted molar refractivity (Wildman–Crippen MR) is 126 cm³/mol. The number of H-pyrrole nitrogens is 1. The van der Waals surface area contributed by atoms with E-state index >= 15 is 0 Å². The molecule has 33 heavy (non-hydrogen) atoms. The first kappa shape index (κ1) is 21.4. The van der Waals surface area contributed by atoms with Crippen LogP contribution in [0.25, 0.3) is 22.6 Å². The van der Waals surface area contributed by atoms with E-state index in [0.29, 0.717) is 12.4 Å². The summed E-state index contributed by atoms with van der Waals surface area (Å²) < 4.78 is 2.08. The van der Waals surface area contributed by atoms with Crippen molar-refractivity contribution in [1.29, 1.82) is 0 Å². The number of aromatic amines is 1. The summed E-state index contributed by atoms with van der Waals surface area (Å²) in [5.41, 5.74) is 3.92. The van der Waals surface area contributed by atoms with Crippen LogP contribution in [0.2, 0.25) is 0 Å². The fourth-order valence-corrected chi connectivity index (χ4v) is 4.73. The Hall–Kier alpha value is -3.42. The minimum Gasteiger partial charge on any atom is -0.256 e. The van der Waals surface area contributed by atoms with Gasteiger partial charge in [0.2, 0.25) is 0 Å². The van der Waals surface area contributed by atoms with E-state index < -0.39 is 0 Å². The van der Waals surface area contributed by atoms with E-state index in [1.807, 2.05) is 30.5 Å². The van der Waals surface area contributed by atoms with Crippen LogP contribution in [0.1, 0.15) is 62.7 Å². The number of aromatic nitrogens is 8. The second-order valence-electron chi connectivity index (χ2n) is 8.91. The average molecular weight is 443 g/mol. The molecule has 0 atom stereocenters. The average Bonchev–Trinajstić information content (AvgIpc) is 3.51. The second kappa shape index (κ2) is 10.0. The Morgan fingerprint density at radius 3 is 2.61 bits per heavy atom. The number of nitrogens with zero attached hydrogens (tertiary/aromatic N) is 7. The highest BCUT2D eigenvalue weighted by Crippen LogP contribution is 2.29. The van der Waals surface area contributed by atoms with E-state index in [2.05, 4.69) is 44.4 Å². The van der Waals surface area contributed by atoms with E-state index in [1.54, 1.807) is 0 Å². The Balaban J connectivity index is 1.34. The van der Waals surface area contributed by atoms with Gasteiger partial charge in [-0.3, -0.25) is 4.98 Å². The van der Waals surface area contributed by atoms with Crippen LogP contribution in [0, 0.1) is 5.92 Å². The van der Waals surface area contributed by atoms with Crippen LogP contribution in [-0.4, -0.2) is 40.4 Å². The van der Waals surface area contributed by atoms with Crippen LogP contribution in [0.5, 0.6) is 0 Å². The molecule has 0 saturated heterocycles. The maximum Gasteiger partial charge on any atom is 0.180 e. The lowest BCUT2D eigenvalue weighted by Crippen LogP contribution is -2.11. The number of pyridine rings is 1. The van der Waals surface area contributed by atoms with Crippen molar-refractivity contribution < 1.29 is 0 Å². The van der Waals surface area contributed by atoms with Crippen LogP contribution in [-0.2, 0) is 19.4 Å². The van der Waals surface area contributed by atoms with Gasteiger partial charge in [-0.05, 0) is 34.4 Å². The lowest BCUT2D eigenvalue weighted by molar-refractivity contribution is 0.351. The molecule has 4 aromatic rings. The number of nitrogens with one attached hydrogen (secondary N) is 1. The lowest BCUT2D eigenvalue weighted by Gasteiger charge is -2.19. The van der Waals surface area contributed by atoms with Crippen LogP contribution in [0.4, 0.5) is 0 Å². The van der Waals surface area contributed by atoms with E-state index in [-0.39, 0.29) is 0 Å². The minimum absolute atomic E-state index is 0.633. The van der Waals surface area contributed by atoms with Crippen molar-refractivity contribution in [2.75, 3.05) is 0 Å². The number of tetrazole rings is 1. The van der Waals surface area contributed by atoms with Gasteiger partial charge in [0, 0.05) is 30.2 Å². The summed E-state index contributed by atoms with van der Waals surface area (Å²) in [7, 11) is 0. The SMILES string of the molecule is CCCc1nc(CC2CCCCC2)nn1Cc1ccc(-c2ccccc2-c2nnn[nH]2)nc1. The molecule has 1 aliphatic rings. The van der Waals surface area contributed by atoms with Gasteiger partial charge < -0.3 is 0 Å². The summed E-state index contributed by atoms with van der Waals surface area (Å²) in [5, 5.41) is 19.2. The number of aryl methyl sites for hydroxylation is 1. The van der Waals surface area contributed by atoms with Crippen molar-refractivity contribution in [3.8, 4) is 22.6 Å². The van der Waals surface area contributed by atoms with E-state index in [4.69, 9.17) is 15.1 Å². The summed E-state index contributed by atoms with van der Waals surface area (Å²) in [5.74, 6) is 3.46. The number of hydrogen-bond acceptors (Lipinski definition) is 6. The van der Waals surface area contributed by atoms with E-state index in [0.717, 1.165) is 59.2 Å². The fourth-order valence-electron chi connectivity index (χ4n) is 4.73. The lowest BCUT2D eigenvalue weighted by atomic mass is 9.87. The second-order valence-corrected chi connectivity index (χ2v) is 8.91. The molecule has 1 saturated carbocycles. The number of rotatable bonds is 8. The molecule has 0 spiro atoms. The smallest absolute Gasteiger partial charge is 0.180 e. The Kier molecular flexibility index (Phi) is 6.51. The van der Waals surface area contributed by atoms with Crippen molar-refractivity contribution in [3.63, 3.8) is 0 Å². The van der Waals surface area contributed by atoms with Crippen molar-refractivity contribution >= 4 is 0 Å². The quantitative estimate of drug-likeness (QED) is 0.427. The van der Waals surface area contributed by atoms with Gasteiger partial charge in [0.15, 0.2) is 11.6 Å². The molecule has 0 unspecified atom stereocenters. The molecule has 5 rings (SSSR count). The van der Waals surface area contributed by atoms with Gasteiger partial charge in [0.05, 0.1) is 12.2 Å². The van der Waals surface area contributed by atoms with Crippen LogP contribution >= 0.6 is 0 Å². The molecular weight excluding hydrogens is 412 g/mol. The summed E-state index contributed by atoms with van der Waals surface area (Å²) in [4.78, 5) is 9.65. The molecule has 0 aliphatic heterocycles. The fraction of sp³-hybridized carbons (Fsp3) is 0.440. The maximum atomic E-state index is 4.90. The molecule has 1 fully saturated rings. The van der Waals surface area contributed by atoms with Crippen molar-refractivity contribution in [1.82, 2.24) is 40.4 Å². The molecule has 1 aromatic carbocycles. The topological polar surface area (TPSA) is 98.1 Å². The summed E-state index contributed by atoms with van der Waals surface area (Å²) in [6.07, 6.45) is 11.7. The van der Waals surface area contributed by atoms with Gasteiger partial charge >= 0.3 is 0 Å². The Labute approximate surface area is 193 Å². The van der Waals surface area contributed by atoms with Gasteiger partial charge in [-0.1, -0.05) is 69.4 Å². The molecule has 3 heterocycles. The Morgan fingerprint density at radius 1 is 1.03 bits per heavy atom. The third-order valence-corrected chi connectivity index (χ3v) is 6.42. The highest BCUT2D eigenvalue weighted by Gasteiger charge is 2.18. The molecule has 0 bridgehead atoms. The zero-order valence-corrected chi connectivity index (χ0v) is 19.1. The van der Waals surface area contributed by atoms with E-state index in [1.165, 1.54) is 32.1 Å². The summed E-state index contributed by atoms with van der Waals surface area (Å²) in [6.45, 7) is 2.88. The molecule has 0 amide bonds. The third kappa shape index (κ3) is 4.99. The van der Waals surface area contributed by atoms with Crippen molar-refractivity contribution in [3.05, 3.63) is 59.8 Å². The molecule has 8 nitrogen and oxygen atoms in total. The van der Waals surface area contributed by atoms with Crippen LogP contribution in [0.3, 0.4) is 0 Å². The first-order valence-electron chi connectivity index (χ1n) is 12.0. The van der Waals surface area contributed by atoms with Crippen molar-refractivity contribution in [2.24, 2.45) is 5.92 Å². The van der Waals surface area contributed by atoms with E-state index in [9.17, 15) is 0 Å². The highest BCUT2D eigenvalue weighted by atomic mass is 15.5. The van der Waals surface area contributed by atoms with Gasteiger partial charge in [-0.2, -0.15) is 5.10 Å². The highest BCUT2D eigenvalue weighted by molar-refractivity contribution is 5.78. The molecule has 1 N–H and O–H groups in total. The zero-order valence-electron chi connectivity index (χ0n) is 19.1. The predicted octanol–water partition coefficient (Wildman–Crippen LogP) is 4.64. The summed E-state index contributed by atoms with van der Waals surface area (Å²) >= 11 is 0. The normalized spacial score (nSPS) is 14.6. The van der Waals surface area contributed by atoms with Gasteiger partial charge in [0.1, 0.15) is 5.82 Å². The summed E-state index contributed by atoms with van der Waals surface area (Å²) in [6, 6.07) is 12.2. The first-order chi connectivity index (χ1) is 16.3. The standard InChI is InChI=1S/C25H30N8/c1-2-8-24-27-23(15-18-9-4-3-5-10-18)30-33(24)17-19-13-14-22(26-16-19)20-11-6-7-12-21(20)25-28-31-32-29-25/h6-7,11-14,16,18H,2-5,8-10,15,17H2,1H3,(H,28,29,31,32). The molecule has 170 valence electrons. The Morgan fingerprint density at radius 2 is 1.88 bits per heavy atom. The maximum absolute atomic E-state index is 4.90. The molecule has 1 aliphatic carbocycles. The van der Waals surface area contributed by atoms with Gasteiger partial charge in [-0.15, -0.1) is 5.10 Å². The third-order valence-electron chi connectivity index (χ3n) is 6.42. The number of hydrogen-bond donors (Lipinski definition) is 1. The minimum atomic E-state index is 0.633. The van der Waals surface area contributed by atoms with Crippen LogP contribution in [0.15, 0.2) is 42.6 Å². The van der Waals surface area contributed by atoms with Gasteiger partial charge in [-0.25, -0.2) is 14.8 Å². The monoisotopic (exact) mass is 442 g/mol. The molecule has 8 heteroatoms.